The molecule has 0 unspecified atom stereocenters. The van der Waals surface area contributed by atoms with Gasteiger partial charge in [0, 0.05) is 0 Å². The molecule has 0 saturated heterocycles. The predicted molar refractivity (Wildman–Crippen MR) is 143 cm³/mol. The van der Waals surface area contributed by atoms with Gasteiger partial charge in [-0.2, -0.15) is 5.26 Å². The number of nitrogens with zero attached hydrogens (tertiary/aromatic N) is 1. The summed E-state index contributed by atoms with van der Waals surface area (Å²) in [6.07, 6.45) is 7.70. The van der Waals surface area contributed by atoms with Crippen LogP contribution in [-0.2, 0) is 0 Å². The van der Waals surface area contributed by atoms with Crippen LogP contribution in [0.5, 0.6) is 11.5 Å². The van der Waals surface area contributed by atoms with Gasteiger partial charge in [-0.05, 0) is 83.3 Å². The van der Waals surface area contributed by atoms with Gasteiger partial charge in [-0.15, -0.1) is 0 Å². The van der Waals surface area contributed by atoms with E-state index in [-0.39, 0.29) is 24.7 Å². The molecular weight excluding hydrogens is 437 g/mol. The molecule has 0 amide bonds. The van der Waals surface area contributed by atoms with Gasteiger partial charge in [-0.25, -0.2) is 4.39 Å². The van der Waals surface area contributed by atoms with E-state index in [4.69, 9.17) is 10.4 Å². The molecule has 2 N–H and O–H groups in total. The highest BCUT2D eigenvalue weighted by molar-refractivity contribution is 5.71. The monoisotopic (exact) mass is 465 g/mol. The lowest BCUT2D eigenvalue weighted by molar-refractivity contribution is 0.474. The number of aryl methyl sites for hydroxylation is 1. The Morgan fingerprint density at radius 1 is 0.629 bits per heavy atom. The van der Waals surface area contributed by atoms with Crippen LogP contribution in [-0.4, -0.2) is 10.2 Å². The molecular formula is C31H28FNO2. The first-order chi connectivity index (χ1) is 16.4. The van der Waals surface area contributed by atoms with Crippen LogP contribution in [0.2, 0.25) is 0 Å². The van der Waals surface area contributed by atoms with Crippen molar-refractivity contribution in [1.82, 2.24) is 0 Å². The summed E-state index contributed by atoms with van der Waals surface area (Å²) in [5.74, 6) is 0.297. The average Bonchev–Trinajstić information content (AvgIpc) is 2.83. The predicted octanol–water partition coefficient (Wildman–Crippen LogP) is 8.08. The summed E-state index contributed by atoms with van der Waals surface area (Å²) in [4.78, 5) is 0. The Labute approximate surface area is 206 Å². The Morgan fingerprint density at radius 2 is 1.09 bits per heavy atom. The number of phenolic OH excluding ortho intramolecular Hbond substituents is 2. The highest BCUT2D eigenvalue weighted by Gasteiger charge is 1.94. The van der Waals surface area contributed by atoms with Crippen molar-refractivity contribution in [3.05, 3.63) is 130 Å². The van der Waals surface area contributed by atoms with Crippen LogP contribution >= 0.6 is 0 Å². The zero-order chi connectivity index (χ0) is 24.3. The molecule has 0 heterocycles. The number of hydrogen-bond donors (Lipinski definition) is 2. The number of halogens is 1. The molecule has 176 valence electrons. The van der Waals surface area contributed by atoms with E-state index in [1.807, 2.05) is 61.6 Å². The number of rotatable bonds is 4. The minimum absolute atomic E-state index is 0. The fraction of sp³-hybridized carbons (Fsp3) is 0.0645. The largest absolute Gasteiger partial charge is 0.508 e. The van der Waals surface area contributed by atoms with Gasteiger partial charge in [-0.3, -0.25) is 0 Å². The van der Waals surface area contributed by atoms with E-state index in [9.17, 15) is 9.50 Å². The van der Waals surface area contributed by atoms with Crippen molar-refractivity contribution in [3.8, 4) is 17.6 Å². The lowest BCUT2D eigenvalue weighted by Crippen LogP contribution is -1.77. The molecule has 0 aliphatic rings. The second-order valence-corrected chi connectivity index (χ2v) is 7.65. The van der Waals surface area contributed by atoms with Crippen LogP contribution in [0.25, 0.3) is 24.3 Å². The molecule has 0 aliphatic carbocycles. The van der Waals surface area contributed by atoms with Crippen molar-refractivity contribution >= 4 is 24.3 Å². The summed E-state index contributed by atoms with van der Waals surface area (Å²) in [5, 5.41) is 27.3. The highest BCUT2D eigenvalue weighted by atomic mass is 19.1. The van der Waals surface area contributed by atoms with E-state index in [1.165, 1.54) is 12.1 Å². The first-order valence-electron chi connectivity index (χ1n) is 10.6. The smallest absolute Gasteiger partial charge is 0.123 e. The maximum Gasteiger partial charge on any atom is 0.123 e. The summed E-state index contributed by atoms with van der Waals surface area (Å²) in [7, 11) is 0. The molecule has 0 fully saturated rings. The van der Waals surface area contributed by atoms with Crippen molar-refractivity contribution in [2.75, 3.05) is 0 Å². The summed E-state index contributed by atoms with van der Waals surface area (Å²) >= 11 is 0. The third-order valence-electron chi connectivity index (χ3n) is 4.82. The molecule has 0 aliphatic heterocycles. The highest BCUT2D eigenvalue weighted by Crippen LogP contribution is 2.18. The maximum atomic E-state index is 12.7. The molecule has 0 atom stereocenters. The van der Waals surface area contributed by atoms with Crippen molar-refractivity contribution in [2.24, 2.45) is 0 Å². The minimum atomic E-state index is -0.236. The van der Waals surface area contributed by atoms with E-state index >= 15 is 0 Å². The quantitative estimate of drug-likeness (QED) is 0.299. The molecule has 0 spiro atoms. The van der Waals surface area contributed by atoms with E-state index in [0.29, 0.717) is 5.56 Å². The molecule has 0 radical (unpaired) electrons. The van der Waals surface area contributed by atoms with Gasteiger partial charge < -0.3 is 10.2 Å². The molecule has 0 bridgehead atoms. The lowest BCUT2D eigenvalue weighted by Gasteiger charge is -1.99. The second-order valence-electron chi connectivity index (χ2n) is 7.65. The molecule has 4 heteroatoms. The molecule has 0 aromatic heterocycles. The number of phenols is 2. The van der Waals surface area contributed by atoms with Gasteiger partial charge in [0.05, 0.1) is 11.6 Å². The summed E-state index contributed by atoms with van der Waals surface area (Å²) in [6, 6.07) is 28.0. The van der Waals surface area contributed by atoms with E-state index in [0.717, 1.165) is 27.8 Å². The van der Waals surface area contributed by atoms with Gasteiger partial charge >= 0.3 is 0 Å². The SMILES string of the molecule is C.Cc1cc(O)cc(/C=C/c2ccc(O)cc2)c1.N#Cc1ccc(/C=C/c2ccc(F)cc2)cc1. The van der Waals surface area contributed by atoms with Gasteiger partial charge in [0.2, 0.25) is 0 Å². The molecule has 4 aromatic rings. The fourth-order valence-electron chi connectivity index (χ4n) is 3.10. The first-order valence-corrected chi connectivity index (χ1v) is 10.6. The fourth-order valence-corrected chi connectivity index (χ4v) is 3.10. The molecule has 0 saturated carbocycles. The zero-order valence-corrected chi connectivity index (χ0v) is 18.7. The minimum Gasteiger partial charge on any atom is -0.508 e. The lowest BCUT2D eigenvalue weighted by atomic mass is 10.1. The third-order valence-corrected chi connectivity index (χ3v) is 4.82. The van der Waals surface area contributed by atoms with Crippen LogP contribution in [0.15, 0.2) is 91.0 Å². The molecule has 3 nitrogen and oxygen atoms in total. The van der Waals surface area contributed by atoms with Crippen molar-refractivity contribution in [2.45, 2.75) is 14.4 Å². The van der Waals surface area contributed by atoms with Gasteiger partial charge in [0.15, 0.2) is 0 Å². The molecule has 4 rings (SSSR count). The van der Waals surface area contributed by atoms with Crippen LogP contribution in [0.4, 0.5) is 4.39 Å². The van der Waals surface area contributed by atoms with E-state index in [2.05, 4.69) is 6.07 Å². The Bertz CT molecular complexity index is 1290. The standard InChI is InChI=1S/C15H10FN.C15H14O2.CH4/c16-15-9-7-13(8-10-15)2-1-12-3-5-14(11-17)6-4-12;1-11-8-13(10-15(17)9-11)3-2-12-4-6-14(16)7-5-12;/h1-10H;2-10,16-17H,1H3;1H4/b2-1+;3-2+;. The average molecular weight is 466 g/mol. The topological polar surface area (TPSA) is 64.2 Å². The van der Waals surface area contributed by atoms with Gasteiger partial charge in [-0.1, -0.05) is 74.2 Å². The van der Waals surface area contributed by atoms with E-state index < -0.39 is 0 Å². The Kier molecular flexibility index (Phi) is 10.0. The number of benzene rings is 4. The number of nitriles is 1. The zero-order valence-electron chi connectivity index (χ0n) is 18.7. The maximum absolute atomic E-state index is 12.7. The van der Waals surface area contributed by atoms with Crippen molar-refractivity contribution < 1.29 is 14.6 Å². The summed E-state index contributed by atoms with van der Waals surface area (Å²) in [5.41, 5.74) is 5.57. The van der Waals surface area contributed by atoms with Gasteiger partial charge in [0.1, 0.15) is 17.3 Å². The molecule has 4 aromatic carbocycles. The normalized spacial score (nSPS) is 10.3. The van der Waals surface area contributed by atoms with Gasteiger partial charge in [0.25, 0.3) is 0 Å². The molecule has 35 heavy (non-hydrogen) atoms. The van der Waals surface area contributed by atoms with Crippen LogP contribution in [0.3, 0.4) is 0 Å². The van der Waals surface area contributed by atoms with Crippen molar-refractivity contribution in [1.29, 1.82) is 5.26 Å². The van der Waals surface area contributed by atoms with E-state index in [1.54, 1.807) is 48.5 Å². The third kappa shape index (κ3) is 9.03. The summed E-state index contributed by atoms with van der Waals surface area (Å²) < 4.78 is 12.7. The first kappa shape index (κ1) is 26.6. The van der Waals surface area contributed by atoms with Crippen LogP contribution in [0, 0.1) is 24.1 Å². The Hall–Kier alpha value is -4.62. The number of hydrogen-bond acceptors (Lipinski definition) is 3. The summed E-state index contributed by atoms with van der Waals surface area (Å²) in [6.45, 7) is 1.94. The Morgan fingerprint density at radius 3 is 1.57 bits per heavy atom. The van der Waals surface area contributed by atoms with Crippen LogP contribution in [0.1, 0.15) is 40.8 Å². The Balaban J connectivity index is 0.000000240. The van der Waals surface area contributed by atoms with Crippen LogP contribution < -0.4 is 0 Å². The second kappa shape index (κ2) is 13.2. The van der Waals surface area contributed by atoms with Crippen molar-refractivity contribution in [3.63, 3.8) is 0 Å². The number of aromatic hydroxyl groups is 2.